The van der Waals surface area contributed by atoms with E-state index in [1.807, 2.05) is 13.0 Å². The first kappa shape index (κ1) is 14.2. The minimum Gasteiger partial charge on any atom is -0.365 e. The molecule has 0 aliphatic heterocycles. The zero-order valence-corrected chi connectivity index (χ0v) is 12.1. The number of hydrogen-bond donors (Lipinski definition) is 1. The average Bonchev–Trinajstić information content (AvgIpc) is 2.72. The smallest absolute Gasteiger partial charge is 0.263 e. The highest BCUT2D eigenvalue weighted by atomic mass is 32.1. The number of rotatable bonds is 4. The average molecular weight is 290 g/mol. The molecule has 6 nitrogen and oxygen atoms in total. The van der Waals surface area contributed by atoms with Crippen molar-refractivity contribution < 1.29 is 4.79 Å². The van der Waals surface area contributed by atoms with Gasteiger partial charge in [-0.15, -0.1) is 11.3 Å². The van der Waals surface area contributed by atoms with Crippen LogP contribution in [0.3, 0.4) is 0 Å². The van der Waals surface area contributed by atoms with Crippen molar-refractivity contribution in [3.63, 3.8) is 0 Å². The molecule has 2 rings (SSSR count). The zero-order valence-electron chi connectivity index (χ0n) is 11.3. The predicted octanol–water partition coefficient (Wildman–Crippen LogP) is 1.34. The van der Waals surface area contributed by atoms with Crippen molar-refractivity contribution in [1.82, 2.24) is 9.55 Å². The number of primary amides is 1. The third-order valence-electron chi connectivity index (χ3n) is 3.06. The van der Waals surface area contributed by atoms with E-state index in [9.17, 15) is 9.59 Å². The molecule has 0 spiro atoms. The van der Waals surface area contributed by atoms with Crippen molar-refractivity contribution in [3.05, 3.63) is 26.6 Å². The SMILES string of the molecule is CCCc1nc2sc(C(N)=O)c(C)c2c(=O)n1CC#N. The largest absolute Gasteiger partial charge is 0.365 e. The third kappa shape index (κ3) is 2.18. The third-order valence-corrected chi connectivity index (χ3v) is 4.26. The molecule has 0 bridgehead atoms. The normalized spacial score (nSPS) is 10.7. The Bertz CT molecular complexity index is 782. The van der Waals surface area contributed by atoms with Crippen LogP contribution in [0.15, 0.2) is 4.79 Å². The minimum absolute atomic E-state index is 0.0434. The molecular weight excluding hydrogens is 276 g/mol. The van der Waals surface area contributed by atoms with E-state index >= 15 is 0 Å². The lowest BCUT2D eigenvalue weighted by Gasteiger charge is -2.08. The number of hydrogen-bond acceptors (Lipinski definition) is 5. The summed E-state index contributed by atoms with van der Waals surface area (Å²) < 4.78 is 1.37. The maximum Gasteiger partial charge on any atom is 0.263 e. The van der Waals surface area contributed by atoms with E-state index in [1.54, 1.807) is 6.92 Å². The van der Waals surface area contributed by atoms with Crippen LogP contribution in [-0.4, -0.2) is 15.5 Å². The molecule has 1 amide bonds. The van der Waals surface area contributed by atoms with Crippen LogP contribution in [0.4, 0.5) is 0 Å². The second kappa shape index (κ2) is 5.43. The Morgan fingerprint density at radius 1 is 1.55 bits per heavy atom. The van der Waals surface area contributed by atoms with Crippen molar-refractivity contribution in [2.24, 2.45) is 5.73 Å². The standard InChI is InChI=1S/C13H14N4O2S/c1-3-4-8-16-12-9(13(19)17(8)6-5-14)7(2)10(20-12)11(15)18/h3-4,6H2,1-2H3,(H2,15,18). The summed E-state index contributed by atoms with van der Waals surface area (Å²) in [6, 6.07) is 1.97. The molecule has 7 heteroatoms. The zero-order chi connectivity index (χ0) is 14.9. The van der Waals surface area contributed by atoms with Crippen LogP contribution >= 0.6 is 11.3 Å². The number of nitrogens with zero attached hydrogens (tertiary/aromatic N) is 3. The molecule has 20 heavy (non-hydrogen) atoms. The number of carbonyl (C=O) groups is 1. The van der Waals surface area contributed by atoms with Gasteiger partial charge in [-0.2, -0.15) is 5.26 Å². The van der Waals surface area contributed by atoms with Gasteiger partial charge in [0.25, 0.3) is 11.5 Å². The Morgan fingerprint density at radius 2 is 2.25 bits per heavy atom. The van der Waals surface area contributed by atoms with Gasteiger partial charge in [0, 0.05) is 6.42 Å². The van der Waals surface area contributed by atoms with Gasteiger partial charge < -0.3 is 5.73 Å². The maximum atomic E-state index is 12.5. The summed E-state index contributed by atoms with van der Waals surface area (Å²) in [6.07, 6.45) is 1.42. The van der Waals surface area contributed by atoms with Gasteiger partial charge >= 0.3 is 0 Å². The molecule has 0 radical (unpaired) electrons. The number of aromatic nitrogens is 2. The van der Waals surface area contributed by atoms with Gasteiger partial charge in [-0.1, -0.05) is 6.92 Å². The molecular formula is C13H14N4O2S. The Hall–Kier alpha value is -2.20. The quantitative estimate of drug-likeness (QED) is 0.917. The van der Waals surface area contributed by atoms with Gasteiger partial charge in [-0.05, 0) is 18.9 Å². The number of nitriles is 1. The van der Waals surface area contributed by atoms with Crippen LogP contribution in [-0.2, 0) is 13.0 Å². The summed E-state index contributed by atoms with van der Waals surface area (Å²) in [7, 11) is 0. The van der Waals surface area contributed by atoms with Crippen molar-refractivity contribution in [1.29, 1.82) is 5.26 Å². The lowest BCUT2D eigenvalue weighted by Crippen LogP contribution is -2.25. The number of thiophene rings is 1. The molecule has 104 valence electrons. The predicted molar refractivity (Wildman–Crippen MR) is 76.7 cm³/mol. The van der Waals surface area contributed by atoms with E-state index in [4.69, 9.17) is 11.0 Å². The van der Waals surface area contributed by atoms with Crippen molar-refractivity contribution in [2.45, 2.75) is 33.2 Å². The lowest BCUT2D eigenvalue weighted by molar-refractivity contribution is 0.100. The molecule has 0 saturated carbocycles. The Kier molecular flexibility index (Phi) is 3.86. The summed E-state index contributed by atoms with van der Waals surface area (Å²) in [5, 5.41) is 9.25. The van der Waals surface area contributed by atoms with Gasteiger partial charge in [0.2, 0.25) is 0 Å². The molecule has 2 N–H and O–H groups in total. The highest BCUT2D eigenvalue weighted by Crippen LogP contribution is 2.27. The number of amides is 1. The Morgan fingerprint density at radius 3 is 2.80 bits per heavy atom. The van der Waals surface area contributed by atoms with Gasteiger partial charge in [-0.3, -0.25) is 14.2 Å². The van der Waals surface area contributed by atoms with Crippen molar-refractivity contribution in [3.8, 4) is 6.07 Å². The molecule has 2 aromatic heterocycles. The summed E-state index contributed by atoms with van der Waals surface area (Å²) in [6.45, 7) is 3.61. The second-order valence-corrected chi connectivity index (χ2v) is 5.43. The summed E-state index contributed by atoms with van der Waals surface area (Å²) in [5.74, 6) is 0.0117. The van der Waals surface area contributed by atoms with Crippen LogP contribution in [0.5, 0.6) is 0 Å². The monoisotopic (exact) mass is 290 g/mol. The summed E-state index contributed by atoms with van der Waals surface area (Å²) in [4.78, 5) is 29.2. The molecule has 2 aromatic rings. The molecule has 0 aromatic carbocycles. The Balaban J connectivity index is 2.84. The molecule has 0 aliphatic rings. The van der Waals surface area contributed by atoms with Crippen LogP contribution < -0.4 is 11.3 Å². The van der Waals surface area contributed by atoms with E-state index in [1.165, 1.54) is 4.57 Å². The van der Waals surface area contributed by atoms with Crippen LogP contribution in [0.2, 0.25) is 0 Å². The first-order chi connectivity index (χ1) is 9.51. The first-order valence-electron chi connectivity index (χ1n) is 6.20. The maximum absolute atomic E-state index is 12.5. The van der Waals surface area contributed by atoms with E-state index in [2.05, 4.69) is 4.98 Å². The lowest BCUT2D eigenvalue weighted by atomic mass is 10.2. The highest BCUT2D eigenvalue weighted by molar-refractivity contribution is 7.20. The fraction of sp³-hybridized carbons (Fsp3) is 0.385. The highest BCUT2D eigenvalue weighted by Gasteiger charge is 2.19. The number of aryl methyl sites for hydroxylation is 2. The van der Waals surface area contributed by atoms with E-state index in [0.717, 1.165) is 17.8 Å². The van der Waals surface area contributed by atoms with Crippen molar-refractivity contribution >= 4 is 27.5 Å². The topological polar surface area (TPSA) is 102 Å². The van der Waals surface area contributed by atoms with Gasteiger partial charge in [0.15, 0.2) is 0 Å². The van der Waals surface area contributed by atoms with Crippen LogP contribution in [0, 0.1) is 18.3 Å². The second-order valence-electron chi connectivity index (χ2n) is 4.43. The fourth-order valence-electron chi connectivity index (χ4n) is 2.14. The van der Waals surface area contributed by atoms with E-state index < -0.39 is 5.91 Å². The van der Waals surface area contributed by atoms with Gasteiger partial charge in [-0.25, -0.2) is 4.98 Å². The summed E-state index contributed by atoms with van der Waals surface area (Å²) in [5.41, 5.74) is 5.57. The number of fused-ring (bicyclic) bond motifs is 1. The Labute approximate surface area is 119 Å². The van der Waals surface area contributed by atoms with Gasteiger partial charge in [0.05, 0.1) is 16.3 Å². The molecule has 0 unspecified atom stereocenters. The van der Waals surface area contributed by atoms with Crippen LogP contribution in [0.1, 0.15) is 34.4 Å². The van der Waals surface area contributed by atoms with Crippen LogP contribution in [0.25, 0.3) is 10.2 Å². The van der Waals surface area contributed by atoms with Crippen molar-refractivity contribution in [2.75, 3.05) is 0 Å². The van der Waals surface area contributed by atoms with E-state index in [-0.39, 0.29) is 12.1 Å². The summed E-state index contributed by atoms with van der Waals surface area (Å²) >= 11 is 1.13. The first-order valence-corrected chi connectivity index (χ1v) is 7.02. The minimum atomic E-state index is -0.561. The van der Waals surface area contributed by atoms with Gasteiger partial charge in [0.1, 0.15) is 17.2 Å². The number of nitrogens with two attached hydrogens (primary N) is 1. The van der Waals surface area contributed by atoms with E-state index in [0.29, 0.717) is 32.9 Å². The number of carbonyl (C=O) groups excluding carboxylic acids is 1. The molecule has 0 atom stereocenters. The fourth-order valence-corrected chi connectivity index (χ4v) is 3.18. The molecule has 0 fully saturated rings. The molecule has 0 aliphatic carbocycles. The molecule has 2 heterocycles. The molecule has 0 saturated heterocycles.